The maximum Gasteiger partial charge on any atom is 0.413 e. The van der Waals surface area contributed by atoms with Gasteiger partial charge in [0.05, 0.1) is 18.7 Å². The number of aliphatic carboxylic acids is 1. The van der Waals surface area contributed by atoms with Gasteiger partial charge in [0.15, 0.2) is 0 Å². The Bertz CT molecular complexity index is 1470. The topological polar surface area (TPSA) is 103 Å². The number of methoxy groups -OCH3 is 1. The molecule has 4 aromatic rings. The van der Waals surface area contributed by atoms with Crippen LogP contribution < -0.4 is 10.1 Å². The normalized spacial score (nSPS) is 14.4. The highest BCUT2D eigenvalue weighted by molar-refractivity contribution is 5.92. The standard InChI is InChI=1S/C30H29N3O5/c1-19(20-7-5-4-6-8-20)38-29(36)32-27-25(18-31-33(27)2)24-14-11-22(17-26(24)37-3)21-9-12-23(13-10-21)30(15-16-30)28(34)35/h4-14,17-19H,15-16H2,1-3H3,(H,32,36)(H,34,35)/t19-/m1/s1. The van der Waals surface area contributed by atoms with Gasteiger partial charge in [-0.1, -0.05) is 60.7 Å². The van der Waals surface area contributed by atoms with Crippen LogP contribution in [0, 0.1) is 0 Å². The number of carbonyl (C=O) groups excluding carboxylic acids is 1. The molecule has 5 rings (SSSR count). The van der Waals surface area contributed by atoms with Crippen LogP contribution in [-0.4, -0.2) is 34.1 Å². The van der Waals surface area contributed by atoms with Crippen LogP contribution in [0.15, 0.2) is 79.0 Å². The van der Waals surface area contributed by atoms with E-state index in [1.165, 1.54) is 0 Å². The number of aryl methyl sites for hydroxylation is 1. The zero-order valence-corrected chi connectivity index (χ0v) is 21.5. The molecule has 1 heterocycles. The van der Waals surface area contributed by atoms with Gasteiger partial charge >= 0.3 is 12.1 Å². The third kappa shape index (κ3) is 4.72. The Morgan fingerprint density at radius 1 is 1.00 bits per heavy atom. The van der Waals surface area contributed by atoms with Crippen molar-refractivity contribution in [3.8, 4) is 28.0 Å². The minimum absolute atomic E-state index is 0.418. The summed E-state index contributed by atoms with van der Waals surface area (Å²) in [4.78, 5) is 24.4. The molecule has 1 fully saturated rings. The van der Waals surface area contributed by atoms with Gasteiger partial charge in [0, 0.05) is 18.2 Å². The molecule has 38 heavy (non-hydrogen) atoms. The highest BCUT2D eigenvalue weighted by Gasteiger charge is 2.51. The summed E-state index contributed by atoms with van der Waals surface area (Å²) in [7, 11) is 3.33. The minimum atomic E-state index is -0.768. The van der Waals surface area contributed by atoms with Crippen molar-refractivity contribution in [3.05, 3.63) is 90.1 Å². The molecule has 194 valence electrons. The number of nitrogens with zero attached hydrogens (tertiary/aromatic N) is 2. The lowest BCUT2D eigenvalue weighted by Crippen LogP contribution is -2.19. The van der Waals surface area contributed by atoms with Gasteiger partial charge in [0.25, 0.3) is 0 Å². The molecule has 8 heteroatoms. The van der Waals surface area contributed by atoms with E-state index in [9.17, 15) is 14.7 Å². The number of benzene rings is 3. The van der Waals surface area contributed by atoms with Gasteiger partial charge in [0.1, 0.15) is 17.7 Å². The molecular formula is C30H29N3O5. The molecule has 1 atom stereocenters. The monoisotopic (exact) mass is 511 g/mol. The van der Waals surface area contributed by atoms with E-state index in [0.717, 1.165) is 27.8 Å². The molecule has 1 aliphatic carbocycles. The zero-order valence-electron chi connectivity index (χ0n) is 21.5. The first kappa shape index (κ1) is 25.1. The van der Waals surface area contributed by atoms with Gasteiger partial charge in [-0.05, 0) is 54.2 Å². The van der Waals surface area contributed by atoms with Gasteiger partial charge in [-0.25, -0.2) is 4.79 Å². The van der Waals surface area contributed by atoms with E-state index in [4.69, 9.17) is 9.47 Å². The van der Waals surface area contributed by atoms with Crippen molar-refractivity contribution < 1.29 is 24.2 Å². The summed E-state index contributed by atoms with van der Waals surface area (Å²) in [5.74, 6) is 0.322. The van der Waals surface area contributed by atoms with E-state index < -0.39 is 23.6 Å². The Kier molecular flexibility index (Phi) is 6.63. The van der Waals surface area contributed by atoms with Crippen molar-refractivity contribution in [1.82, 2.24) is 9.78 Å². The fraction of sp³-hybridized carbons (Fsp3) is 0.233. The van der Waals surface area contributed by atoms with Crippen molar-refractivity contribution in [2.75, 3.05) is 12.4 Å². The summed E-state index contributed by atoms with van der Waals surface area (Å²) in [6, 6.07) is 23.0. The van der Waals surface area contributed by atoms with Gasteiger partial charge < -0.3 is 14.6 Å². The second-order valence-corrected chi connectivity index (χ2v) is 9.49. The van der Waals surface area contributed by atoms with Crippen LogP contribution in [-0.2, 0) is 22.0 Å². The van der Waals surface area contributed by atoms with Crippen molar-refractivity contribution in [2.45, 2.75) is 31.3 Å². The van der Waals surface area contributed by atoms with Crippen molar-refractivity contribution in [2.24, 2.45) is 7.05 Å². The lowest BCUT2D eigenvalue weighted by atomic mass is 9.93. The SMILES string of the molecule is COc1cc(-c2ccc(C3(C(=O)O)CC3)cc2)ccc1-c1cnn(C)c1NC(=O)O[C@H](C)c1ccccc1. The van der Waals surface area contributed by atoms with E-state index in [-0.39, 0.29) is 0 Å². The lowest BCUT2D eigenvalue weighted by molar-refractivity contribution is -0.140. The average Bonchev–Trinajstić information content (AvgIpc) is 3.68. The highest BCUT2D eigenvalue weighted by atomic mass is 16.6. The predicted octanol–water partition coefficient (Wildman–Crippen LogP) is 6.19. The summed E-state index contributed by atoms with van der Waals surface area (Å²) in [5.41, 5.74) is 4.31. The number of hydrogen-bond donors (Lipinski definition) is 2. The number of anilines is 1. The van der Waals surface area contributed by atoms with Crippen LogP contribution in [0.25, 0.3) is 22.3 Å². The number of amides is 1. The Hall–Kier alpha value is -4.59. The molecule has 2 N–H and O–H groups in total. The molecule has 3 aromatic carbocycles. The minimum Gasteiger partial charge on any atom is -0.496 e. The van der Waals surface area contributed by atoms with Crippen LogP contribution in [0.5, 0.6) is 5.75 Å². The first-order chi connectivity index (χ1) is 18.3. The summed E-state index contributed by atoms with van der Waals surface area (Å²) < 4.78 is 12.9. The molecule has 1 amide bonds. The fourth-order valence-electron chi connectivity index (χ4n) is 4.69. The van der Waals surface area contributed by atoms with E-state index >= 15 is 0 Å². The van der Waals surface area contributed by atoms with E-state index in [0.29, 0.717) is 30.0 Å². The molecule has 0 aliphatic heterocycles. The molecule has 1 saturated carbocycles. The molecule has 1 aromatic heterocycles. The molecule has 0 spiro atoms. The Balaban J connectivity index is 1.37. The first-order valence-corrected chi connectivity index (χ1v) is 12.4. The van der Waals surface area contributed by atoms with Gasteiger partial charge in [-0.3, -0.25) is 14.8 Å². The van der Waals surface area contributed by atoms with Crippen molar-refractivity contribution in [3.63, 3.8) is 0 Å². The van der Waals surface area contributed by atoms with Crippen LogP contribution in [0.2, 0.25) is 0 Å². The molecule has 0 radical (unpaired) electrons. The average molecular weight is 512 g/mol. The van der Waals surface area contributed by atoms with Crippen LogP contribution in [0.4, 0.5) is 10.6 Å². The highest BCUT2D eigenvalue weighted by Crippen LogP contribution is 2.48. The number of ether oxygens (including phenoxy) is 2. The smallest absolute Gasteiger partial charge is 0.413 e. The summed E-state index contributed by atoms with van der Waals surface area (Å²) in [5, 5.41) is 16.7. The largest absolute Gasteiger partial charge is 0.496 e. The third-order valence-electron chi connectivity index (χ3n) is 7.13. The van der Waals surface area contributed by atoms with E-state index in [1.54, 1.807) is 25.0 Å². The second-order valence-electron chi connectivity index (χ2n) is 9.49. The van der Waals surface area contributed by atoms with Crippen LogP contribution >= 0.6 is 0 Å². The lowest BCUT2D eigenvalue weighted by Gasteiger charge is -2.16. The Labute approximate surface area is 220 Å². The van der Waals surface area contributed by atoms with Gasteiger partial charge in [-0.15, -0.1) is 0 Å². The quantitative estimate of drug-likeness (QED) is 0.292. The maximum absolute atomic E-state index is 12.7. The first-order valence-electron chi connectivity index (χ1n) is 12.4. The van der Waals surface area contributed by atoms with E-state index in [1.807, 2.05) is 79.7 Å². The van der Waals surface area contributed by atoms with Gasteiger partial charge in [-0.2, -0.15) is 5.10 Å². The van der Waals surface area contributed by atoms with Crippen LogP contribution in [0.1, 0.15) is 37.0 Å². The van der Waals surface area contributed by atoms with E-state index in [2.05, 4.69) is 10.4 Å². The summed E-state index contributed by atoms with van der Waals surface area (Å²) in [6.07, 6.45) is 2.01. The zero-order chi connectivity index (χ0) is 26.9. The van der Waals surface area contributed by atoms with Crippen LogP contribution in [0.3, 0.4) is 0 Å². The molecule has 0 saturated heterocycles. The second kappa shape index (κ2) is 10.0. The summed E-state index contributed by atoms with van der Waals surface area (Å²) >= 11 is 0. The van der Waals surface area contributed by atoms with Gasteiger partial charge in [0.2, 0.25) is 0 Å². The molecule has 1 aliphatic rings. The Morgan fingerprint density at radius 2 is 1.68 bits per heavy atom. The predicted molar refractivity (Wildman–Crippen MR) is 144 cm³/mol. The number of carboxylic acids is 1. The molecular weight excluding hydrogens is 482 g/mol. The fourth-order valence-corrected chi connectivity index (χ4v) is 4.69. The molecule has 0 bridgehead atoms. The number of rotatable bonds is 8. The third-order valence-corrected chi connectivity index (χ3v) is 7.13. The Morgan fingerprint density at radius 3 is 2.32 bits per heavy atom. The number of hydrogen-bond acceptors (Lipinski definition) is 5. The number of nitrogens with one attached hydrogen (secondary N) is 1. The van der Waals surface area contributed by atoms with Crippen molar-refractivity contribution in [1.29, 1.82) is 0 Å². The number of carboxylic acid groups (broad SMARTS) is 1. The molecule has 8 nitrogen and oxygen atoms in total. The summed E-state index contributed by atoms with van der Waals surface area (Å²) in [6.45, 7) is 1.82. The maximum atomic E-state index is 12.7. The number of aromatic nitrogens is 2. The number of carbonyl (C=O) groups is 2. The molecule has 0 unspecified atom stereocenters. The van der Waals surface area contributed by atoms with Crippen molar-refractivity contribution >= 4 is 17.9 Å².